The number of hydrogen-bond donors (Lipinski definition) is 0. The molecule has 2 aromatic rings. The van der Waals surface area contributed by atoms with Crippen molar-refractivity contribution in [3.8, 4) is 11.8 Å². The lowest BCUT2D eigenvalue weighted by molar-refractivity contribution is 0.337. The predicted octanol–water partition coefficient (Wildman–Crippen LogP) is 6.23. The third-order valence-electron chi connectivity index (χ3n) is 5.17. The number of allylic oxidation sites excluding steroid dienone is 1. The second-order valence-electron chi connectivity index (χ2n) is 7.18. The van der Waals surface area contributed by atoms with Crippen molar-refractivity contribution < 1.29 is 0 Å². The van der Waals surface area contributed by atoms with Gasteiger partial charge in [0.15, 0.2) is 0 Å². The lowest BCUT2D eigenvalue weighted by atomic mass is 9.78. The summed E-state index contributed by atoms with van der Waals surface area (Å²) in [6.07, 6.45) is 5.25. The van der Waals surface area contributed by atoms with E-state index in [-0.39, 0.29) is 0 Å². The van der Waals surface area contributed by atoms with E-state index in [1.165, 1.54) is 42.4 Å². The number of aryl methyl sites for hydroxylation is 1. The van der Waals surface area contributed by atoms with E-state index in [4.69, 9.17) is 0 Å². The maximum absolute atomic E-state index is 4.37. The van der Waals surface area contributed by atoms with E-state index >= 15 is 0 Å². The Hall–Kier alpha value is -2.26. The van der Waals surface area contributed by atoms with Gasteiger partial charge in [-0.1, -0.05) is 68.0 Å². The highest BCUT2D eigenvalue weighted by Gasteiger charge is 2.21. The summed E-state index contributed by atoms with van der Waals surface area (Å²) in [7, 11) is 0. The Morgan fingerprint density at radius 3 is 1.88 bits per heavy atom. The van der Waals surface area contributed by atoms with Crippen LogP contribution in [0.15, 0.2) is 55.1 Å². The first-order chi connectivity index (χ1) is 11.6. The molecule has 0 aliphatic heterocycles. The van der Waals surface area contributed by atoms with Crippen LogP contribution in [0.4, 0.5) is 0 Å². The standard InChI is InChI=1S/C24H26/c1-18-4-8-21(9-5-18)10-11-22-12-16-24(17-13-22)20(3)23-14-6-19(2)7-15-23/h4-5,8-9,12-13,16-17,19,23H,3,6-7,14-15H2,1-2H3. The number of rotatable bonds is 2. The van der Waals surface area contributed by atoms with Crippen molar-refractivity contribution >= 4 is 5.57 Å². The highest BCUT2D eigenvalue weighted by Crippen LogP contribution is 2.36. The zero-order valence-corrected chi connectivity index (χ0v) is 14.8. The Balaban J connectivity index is 1.67. The Labute approximate surface area is 146 Å². The molecule has 24 heavy (non-hydrogen) atoms. The minimum absolute atomic E-state index is 0.658. The van der Waals surface area contributed by atoms with Crippen LogP contribution in [0, 0.1) is 30.6 Å². The minimum atomic E-state index is 0.658. The molecular formula is C24H26. The molecule has 0 amide bonds. The highest BCUT2D eigenvalue weighted by molar-refractivity contribution is 5.66. The fourth-order valence-corrected chi connectivity index (χ4v) is 3.39. The van der Waals surface area contributed by atoms with Crippen molar-refractivity contribution in [2.45, 2.75) is 39.5 Å². The molecule has 0 radical (unpaired) electrons. The molecule has 0 atom stereocenters. The first-order valence-electron chi connectivity index (χ1n) is 9.00. The fourth-order valence-electron chi connectivity index (χ4n) is 3.39. The van der Waals surface area contributed by atoms with Gasteiger partial charge in [0.2, 0.25) is 0 Å². The Morgan fingerprint density at radius 1 is 0.833 bits per heavy atom. The lowest BCUT2D eigenvalue weighted by Gasteiger charge is -2.27. The lowest BCUT2D eigenvalue weighted by Crippen LogP contribution is -2.13. The van der Waals surface area contributed by atoms with E-state index in [1.54, 1.807) is 0 Å². The number of benzene rings is 2. The topological polar surface area (TPSA) is 0 Å². The van der Waals surface area contributed by atoms with Crippen LogP contribution in [-0.4, -0.2) is 0 Å². The van der Waals surface area contributed by atoms with E-state index in [0.29, 0.717) is 5.92 Å². The molecular weight excluding hydrogens is 288 g/mol. The van der Waals surface area contributed by atoms with E-state index in [1.807, 2.05) is 0 Å². The molecule has 2 aromatic carbocycles. The van der Waals surface area contributed by atoms with Gasteiger partial charge in [0, 0.05) is 11.1 Å². The molecule has 0 bridgehead atoms. The Morgan fingerprint density at radius 2 is 1.33 bits per heavy atom. The molecule has 1 saturated carbocycles. The van der Waals surface area contributed by atoms with Crippen LogP contribution in [0.2, 0.25) is 0 Å². The predicted molar refractivity (Wildman–Crippen MR) is 104 cm³/mol. The third kappa shape index (κ3) is 4.18. The normalized spacial score (nSPS) is 20.1. The van der Waals surface area contributed by atoms with Crippen LogP contribution in [0.5, 0.6) is 0 Å². The van der Waals surface area contributed by atoms with E-state index < -0.39 is 0 Å². The van der Waals surface area contributed by atoms with Crippen molar-refractivity contribution in [1.82, 2.24) is 0 Å². The van der Waals surface area contributed by atoms with Crippen molar-refractivity contribution in [2.24, 2.45) is 11.8 Å². The smallest absolute Gasteiger partial charge is 0.0249 e. The average Bonchev–Trinajstić information content (AvgIpc) is 2.62. The van der Waals surface area contributed by atoms with Gasteiger partial charge >= 0.3 is 0 Å². The molecule has 0 spiro atoms. The first-order valence-corrected chi connectivity index (χ1v) is 9.00. The van der Waals surface area contributed by atoms with Gasteiger partial charge in [-0.15, -0.1) is 0 Å². The summed E-state index contributed by atoms with van der Waals surface area (Å²) in [5.74, 6) is 8.03. The quantitative estimate of drug-likeness (QED) is 0.576. The summed E-state index contributed by atoms with van der Waals surface area (Å²) < 4.78 is 0. The summed E-state index contributed by atoms with van der Waals surface area (Å²) in [6.45, 7) is 8.82. The maximum Gasteiger partial charge on any atom is 0.0249 e. The molecule has 0 heterocycles. The van der Waals surface area contributed by atoms with Gasteiger partial charge in [-0.3, -0.25) is 0 Å². The summed E-state index contributed by atoms with van der Waals surface area (Å²) in [6, 6.07) is 16.9. The molecule has 0 N–H and O–H groups in total. The molecule has 1 aliphatic carbocycles. The molecule has 1 fully saturated rings. The van der Waals surface area contributed by atoms with E-state index in [0.717, 1.165) is 17.0 Å². The first kappa shape index (κ1) is 16.6. The molecule has 122 valence electrons. The molecule has 0 heteroatoms. The van der Waals surface area contributed by atoms with Crippen molar-refractivity contribution in [2.75, 3.05) is 0 Å². The molecule has 0 aromatic heterocycles. The van der Waals surface area contributed by atoms with Gasteiger partial charge in [-0.05, 0) is 67.0 Å². The van der Waals surface area contributed by atoms with E-state index in [2.05, 4.69) is 80.8 Å². The molecule has 0 nitrogen and oxygen atoms in total. The summed E-state index contributed by atoms with van der Waals surface area (Å²) in [5, 5.41) is 0. The summed E-state index contributed by atoms with van der Waals surface area (Å²) >= 11 is 0. The summed E-state index contributed by atoms with van der Waals surface area (Å²) in [4.78, 5) is 0. The SMILES string of the molecule is C=C(c1ccc(C#Cc2ccc(C)cc2)cc1)C1CCC(C)CC1. The van der Waals surface area contributed by atoms with Gasteiger partial charge in [-0.25, -0.2) is 0 Å². The molecule has 3 rings (SSSR count). The summed E-state index contributed by atoms with van der Waals surface area (Å²) in [5.41, 5.74) is 5.96. The van der Waals surface area contributed by atoms with Crippen LogP contribution in [0.1, 0.15) is 54.9 Å². The van der Waals surface area contributed by atoms with Crippen molar-refractivity contribution in [3.63, 3.8) is 0 Å². The van der Waals surface area contributed by atoms with E-state index in [9.17, 15) is 0 Å². The van der Waals surface area contributed by atoms with Crippen molar-refractivity contribution in [1.29, 1.82) is 0 Å². The Bertz CT molecular complexity index is 742. The maximum atomic E-state index is 4.37. The van der Waals surface area contributed by atoms with Crippen LogP contribution in [0.25, 0.3) is 5.57 Å². The van der Waals surface area contributed by atoms with Crippen LogP contribution in [0.3, 0.4) is 0 Å². The number of hydrogen-bond acceptors (Lipinski definition) is 0. The largest absolute Gasteiger partial charge is 0.0950 e. The molecule has 1 aliphatic rings. The Kier molecular flexibility index (Phi) is 5.21. The second-order valence-corrected chi connectivity index (χ2v) is 7.18. The van der Waals surface area contributed by atoms with Crippen LogP contribution >= 0.6 is 0 Å². The average molecular weight is 314 g/mol. The molecule has 0 unspecified atom stereocenters. The van der Waals surface area contributed by atoms with Crippen LogP contribution < -0.4 is 0 Å². The van der Waals surface area contributed by atoms with Crippen molar-refractivity contribution in [3.05, 3.63) is 77.4 Å². The van der Waals surface area contributed by atoms with Gasteiger partial charge in [0.1, 0.15) is 0 Å². The monoisotopic (exact) mass is 314 g/mol. The highest BCUT2D eigenvalue weighted by atomic mass is 14.3. The van der Waals surface area contributed by atoms with Gasteiger partial charge in [-0.2, -0.15) is 0 Å². The molecule has 0 saturated heterocycles. The zero-order valence-electron chi connectivity index (χ0n) is 14.8. The third-order valence-corrected chi connectivity index (χ3v) is 5.17. The van der Waals surface area contributed by atoms with Gasteiger partial charge in [0.25, 0.3) is 0 Å². The van der Waals surface area contributed by atoms with Crippen LogP contribution in [-0.2, 0) is 0 Å². The minimum Gasteiger partial charge on any atom is -0.0950 e. The van der Waals surface area contributed by atoms with Gasteiger partial charge < -0.3 is 0 Å². The zero-order chi connectivity index (χ0) is 16.9. The van der Waals surface area contributed by atoms with Gasteiger partial charge in [0.05, 0.1) is 0 Å². The fraction of sp³-hybridized carbons (Fsp3) is 0.333. The second kappa shape index (κ2) is 7.54.